The van der Waals surface area contributed by atoms with Gasteiger partial charge in [-0.05, 0) is 43.6 Å². The molecular formula is C14H16N4O. The van der Waals surface area contributed by atoms with Gasteiger partial charge < -0.3 is 15.5 Å². The summed E-state index contributed by atoms with van der Waals surface area (Å²) in [4.78, 5) is 13.9. The number of nitrogens with zero attached hydrogens (tertiary/aromatic N) is 2. The van der Waals surface area contributed by atoms with Crippen molar-refractivity contribution in [1.82, 2.24) is 5.32 Å². The van der Waals surface area contributed by atoms with Crippen molar-refractivity contribution in [3.8, 4) is 6.07 Å². The minimum atomic E-state index is 0.101. The SMILES string of the molecule is N#Cc1ccc2c(c1)NCC(=O)N2CC1CCNC1. The molecule has 3 rings (SSSR count). The van der Waals surface area contributed by atoms with Crippen LogP contribution in [0.4, 0.5) is 11.4 Å². The first-order valence-corrected chi connectivity index (χ1v) is 6.57. The van der Waals surface area contributed by atoms with E-state index in [1.54, 1.807) is 6.07 Å². The first-order chi connectivity index (χ1) is 9.28. The zero-order valence-electron chi connectivity index (χ0n) is 10.6. The highest BCUT2D eigenvalue weighted by Crippen LogP contribution is 2.31. The summed E-state index contributed by atoms with van der Waals surface area (Å²) < 4.78 is 0. The van der Waals surface area contributed by atoms with Crippen molar-refractivity contribution in [2.75, 3.05) is 36.4 Å². The number of nitrogens with one attached hydrogen (secondary N) is 2. The molecule has 19 heavy (non-hydrogen) atoms. The third-order valence-corrected chi connectivity index (χ3v) is 3.75. The van der Waals surface area contributed by atoms with Gasteiger partial charge in [0.05, 0.1) is 29.6 Å². The van der Waals surface area contributed by atoms with Gasteiger partial charge in [-0.2, -0.15) is 5.26 Å². The van der Waals surface area contributed by atoms with E-state index < -0.39 is 0 Å². The fraction of sp³-hybridized carbons (Fsp3) is 0.429. The van der Waals surface area contributed by atoms with Crippen LogP contribution in [0, 0.1) is 17.2 Å². The van der Waals surface area contributed by atoms with Crippen LogP contribution in [0.15, 0.2) is 18.2 Å². The lowest BCUT2D eigenvalue weighted by atomic mass is 10.1. The predicted octanol–water partition coefficient (Wildman–Crippen LogP) is 0.926. The summed E-state index contributed by atoms with van der Waals surface area (Å²) in [7, 11) is 0. The Balaban J connectivity index is 1.88. The average Bonchev–Trinajstić information content (AvgIpc) is 2.94. The number of nitriles is 1. The number of benzene rings is 1. The normalized spacial score (nSPS) is 21.7. The Bertz CT molecular complexity index is 543. The largest absolute Gasteiger partial charge is 0.374 e. The second-order valence-corrected chi connectivity index (χ2v) is 5.06. The van der Waals surface area contributed by atoms with Gasteiger partial charge in [-0.15, -0.1) is 0 Å². The summed E-state index contributed by atoms with van der Waals surface area (Å²) in [6.07, 6.45) is 1.11. The topological polar surface area (TPSA) is 68.2 Å². The van der Waals surface area contributed by atoms with E-state index >= 15 is 0 Å². The van der Waals surface area contributed by atoms with Crippen molar-refractivity contribution in [2.45, 2.75) is 6.42 Å². The van der Waals surface area contributed by atoms with Gasteiger partial charge in [0.25, 0.3) is 0 Å². The first kappa shape index (κ1) is 12.0. The maximum Gasteiger partial charge on any atom is 0.246 e. The molecule has 0 aliphatic carbocycles. The van der Waals surface area contributed by atoms with E-state index in [0.29, 0.717) is 18.0 Å². The van der Waals surface area contributed by atoms with Gasteiger partial charge >= 0.3 is 0 Å². The number of carbonyl (C=O) groups is 1. The fourth-order valence-corrected chi connectivity index (χ4v) is 2.71. The Morgan fingerprint density at radius 1 is 1.47 bits per heavy atom. The van der Waals surface area contributed by atoms with Gasteiger partial charge in [-0.25, -0.2) is 0 Å². The summed E-state index contributed by atoms with van der Waals surface area (Å²) in [6, 6.07) is 7.55. The molecule has 98 valence electrons. The third kappa shape index (κ3) is 2.27. The third-order valence-electron chi connectivity index (χ3n) is 3.75. The van der Waals surface area contributed by atoms with E-state index in [1.165, 1.54) is 0 Å². The Kier molecular flexibility index (Phi) is 3.10. The molecule has 2 N–H and O–H groups in total. The Hall–Kier alpha value is -2.06. The summed E-state index contributed by atoms with van der Waals surface area (Å²) in [5.41, 5.74) is 2.38. The average molecular weight is 256 g/mol. The highest BCUT2D eigenvalue weighted by Gasteiger charge is 2.27. The van der Waals surface area contributed by atoms with Crippen LogP contribution >= 0.6 is 0 Å². The quantitative estimate of drug-likeness (QED) is 0.826. The van der Waals surface area contributed by atoms with Crippen molar-refractivity contribution in [3.63, 3.8) is 0 Å². The molecule has 0 saturated carbocycles. The molecule has 5 nitrogen and oxygen atoms in total. The van der Waals surface area contributed by atoms with Crippen molar-refractivity contribution in [2.24, 2.45) is 5.92 Å². The van der Waals surface area contributed by atoms with Crippen molar-refractivity contribution in [1.29, 1.82) is 5.26 Å². The van der Waals surface area contributed by atoms with Gasteiger partial charge in [0, 0.05) is 6.54 Å². The zero-order chi connectivity index (χ0) is 13.2. The minimum absolute atomic E-state index is 0.101. The van der Waals surface area contributed by atoms with Crippen LogP contribution in [0.1, 0.15) is 12.0 Å². The molecule has 1 unspecified atom stereocenters. The summed E-state index contributed by atoms with van der Waals surface area (Å²) in [5, 5.41) is 15.3. The smallest absolute Gasteiger partial charge is 0.246 e. The van der Waals surface area contributed by atoms with Gasteiger partial charge in [-0.3, -0.25) is 4.79 Å². The molecule has 2 aliphatic heterocycles. The number of fused-ring (bicyclic) bond motifs is 1. The van der Waals surface area contributed by atoms with E-state index in [1.807, 2.05) is 17.0 Å². The molecule has 1 atom stereocenters. The Morgan fingerprint density at radius 2 is 2.37 bits per heavy atom. The molecule has 1 fully saturated rings. The molecule has 0 radical (unpaired) electrons. The van der Waals surface area contributed by atoms with Crippen molar-refractivity contribution < 1.29 is 4.79 Å². The molecule has 0 aromatic heterocycles. The predicted molar refractivity (Wildman–Crippen MR) is 73.0 cm³/mol. The number of amides is 1. The van der Waals surface area contributed by atoms with Crippen molar-refractivity contribution >= 4 is 17.3 Å². The Labute approximate surface area is 112 Å². The molecule has 0 bridgehead atoms. The molecule has 1 aromatic carbocycles. The molecular weight excluding hydrogens is 240 g/mol. The molecule has 1 saturated heterocycles. The second-order valence-electron chi connectivity index (χ2n) is 5.06. The molecule has 2 aliphatic rings. The molecule has 2 heterocycles. The maximum atomic E-state index is 12.1. The molecule has 1 amide bonds. The van der Waals surface area contributed by atoms with E-state index in [9.17, 15) is 4.79 Å². The number of carbonyl (C=O) groups excluding carboxylic acids is 1. The summed E-state index contributed by atoms with van der Waals surface area (Å²) >= 11 is 0. The minimum Gasteiger partial charge on any atom is -0.374 e. The van der Waals surface area contributed by atoms with Gasteiger partial charge in [0.1, 0.15) is 0 Å². The lowest BCUT2D eigenvalue weighted by Gasteiger charge is -2.32. The number of anilines is 2. The van der Waals surface area contributed by atoms with Crippen LogP contribution in [0.2, 0.25) is 0 Å². The van der Waals surface area contributed by atoms with Crippen LogP contribution < -0.4 is 15.5 Å². The molecule has 0 spiro atoms. The lowest BCUT2D eigenvalue weighted by molar-refractivity contribution is -0.117. The zero-order valence-corrected chi connectivity index (χ0v) is 10.6. The van der Waals surface area contributed by atoms with Crippen molar-refractivity contribution in [3.05, 3.63) is 23.8 Å². The second kappa shape index (κ2) is 4.90. The van der Waals surface area contributed by atoms with Crippen LogP contribution in [0.5, 0.6) is 0 Å². The summed E-state index contributed by atoms with van der Waals surface area (Å²) in [5.74, 6) is 0.620. The first-order valence-electron chi connectivity index (χ1n) is 6.57. The monoisotopic (exact) mass is 256 g/mol. The number of hydrogen-bond acceptors (Lipinski definition) is 4. The fourth-order valence-electron chi connectivity index (χ4n) is 2.71. The van der Waals surface area contributed by atoms with Gasteiger partial charge in [0.2, 0.25) is 5.91 Å². The highest BCUT2D eigenvalue weighted by molar-refractivity contribution is 6.02. The van der Waals surface area contributed by atoms with E-state index in [-0.39, 0.29) is 5.91 Å². The standard InChI is InChI=1S/C14H16N4O/c15-6-10-1-2-13-12(5-10)17-8-14(19)18(13)9-11-3-4-16-7-11/h1-2,5,11,16-17H,3-4,7-9H2. The summed E-state index contributed by atoms with van der Waals surface area (Å²) in [6.45, 7) is 3.07. The molecule has 5 heteroatoms. The van der Waals surface area contributed by atoms with Gasteiger partial charge in [0.15, 0.2) is 0 Å². The van der Waals surface area contributed by atoms with E-state index in [4.69, 9.17) is 5.26 Å². The van der Waals surface area contributed by atoms with E-state index in [2.05, 4.69) is 16.7 Å². The number of rotatable bonds is 2. The highest BCUT2D eigenvalue weighted by atomic mass is 16.2. The van der Waals surface area contributed by atoms with Crippen LogP contribution in [-0.4, -0.2) is 32.1 Å². The van der Waals surface area contributed by atoms with Crippen LogP contribution in [-0.2, 0) is 4.79 Å². The van der Waals surface area contributed by atoms with Crippen LogP contribution in [0.25, 0.3) is 0 Å². The molecule has 1 aromatic rings. The maximum absolute atomic E-state index is 12.1. The Morgan fingerprint density at radius 3 is 3.11 bits per heavy atom. The van der Waals surface area contributed by atoms with Gasteiger partial charge in [-0.1, -0.05) is 0 Å². The lowest BCUT2D eigenvalue weighted by Crippen LogP contribution is -2.43. The number of hydrogen-bond donors (Lipinski definition) is 2. The van der Waals surface area contributed by atoms with Crippen LogP contribution in [0.3, 0.4) is 0 Å². The van der Waals surface area contributed by atoms with E-state index in [0.717, 1.165) is 37.4 Å².